The van der Waals surface area contributed by atoms with Crippen LogP contribution in [0.3, 0.4) is 0 Å². The predicted octanol–water partition coefficient (Wildman–Crippen LogP) is 3.25. The van der Waals surface area contributed by atoms with Crippen LogP contribution in [0.4, 0.5) is 0 Å². The molecule has 0 heterocycles. The Bertz CT molecular complexity index is 664. The molecule has 1 aliphatic carbocycles. The Morgan fingerprint density at radius 1 is 1.12 bits per heavy atom. The second kappa shape index (κ2) is 9.92. The molecule has 7 heteroatoms. The standard InChI is InChI=1S/C19H29NO5S/c1-2-3-4-15-5-7-16(8-6-15)19(21)25-14-13-24-17-9-11-18(12-10-17)26(20,22)23/h9-12,15-16H,2-8,13-14H2,1H3,(H2,20,22,23). The van der Waals surface area contributed by atoms with Crippen molar-refractivity contribution in [3.63, 3.8) is 0 Å². The van der Waals surface area contributed by atoms with E-state index >= 15 is 0 Å². The van der Waals surface area contributed by atoms with Gasteiger partial charge in [0.1, 0.15) is 19.0 Å². The quantitative estimate of drug-likeness (QED) is 0.522. The minimum Gasteiger partial charge on any atom is -0.490 e. The van der Waals surface area contributed by atoms with Crippen LogP contribution in [0.2, 0.25) is 0 Å². The molecule has 1 fully saturated rings. The van der Waals surface area contributed by atoms with E-state index in [1.54, 1.807) is 0 Å². The summed E-state index contributed by atoms with van der Waals surface area (Å²) in [5, 5.41) is 5.04. The third kappa shape index (κ3) is 6.61. The summed E-state index contributed by atoms with van der Waals surface area (Å²) in [4.78, 5) is 12.2. The Morgan fingerprint density at radius 2 is 1.77 bits per heavy atom. The zero-order valence-corrected chi connectivity index (χ0v) is 16.2. The maximum Gasteiger partial charge on any atom is 0.309 e. The lowest BCUT2D eigenvalue weighted by Gasteiger charge is -2.27. The Kier molecular flexibility index (Phi) is 7.90. The number of rotatable bonds is 9. The van der Waals surface area contributed by atoms with E-state index in [0.717, 1.165) is 31.6 Å². The van der Waals surface area contributed by atoms with Gasteiger partial charge >= 0.3 is 5.97 Å². The normalized spacial score (nSPS) is 20.5. The minimum atomic E-state index is -3.70. The predicted molar refractivity (Wildman–Crippen MR) is 99.2 cm³/mol. The molecule has 0 saturated heterocycles. The van der Waals surface area contributed by atoms with Crippen LogP contribution in [0.15, 0.2) is 29.2 Å². The summed E-state index contributed by atoms with van der Waals surface area (Å²) in [6.07, 6.45) is 7.85. The van der Waals surface area contributed by atoms with Gasteiger partial charge in [-0.25, -0.2) is 13.6 Å². The van der Waals surface area contributed by atoms with E-state index in [4.69, 9.17) is 14.6 Å². The first kappa shape index (κ1) is 20.7. The van der Waals surface area contributed by atoms with E-state index in [1.165, 1.54) is 43.5 Å². The molecule has 2 rings (SSSR count). The van der Waals surface area contributed by atoms with Gasteiger partial charge in [-0.1, -0.05) is 26.2 Å². The van der Waals surface area contributed by atoms with E-state index in [1.807, 2.05) is 0 Å². The number of carbonyl (C=O) groups excluding carboxylic acids is 1. The van der Waals surface area contributed by atoms with Crippen LogP contribution < -0.4 is 9.88 Å². The molecule has 0 atom stereocenters. The summed E-state index contributed by atoms with van der Waals surface area (Å²) in [6, 6.07) is 5.82. The Balaban J connectivity index is 1.64. The zero-order valence-electron chi connectivity index (χ0n) is 15.4. The second-order valence-electron chi connectivity index (χ2n) is 6.89. The highest BCUT2D eigenvalue weighted by molar-refractivity contribution is 7.89. The van der Waals surface area contributed by atoms with Crippen LogP contribution in [0.25, 0.3) is 0 Å². The number of esters is 1. The lowest BCUT2D eigenvalue weighted by Crippen LogP contribution is -2.25. The van der Waals surface area contributed by atoms with E-state index in [0.29, 0.717) is 5.75 Å². The summed E-state index contributed by atoms with van der Waals surface area (Å²) in [5.41, 5.74) is 0. The summed E-state index contributed by atoms with van der Waals surface area (Å²) >= 11 is 0. The highest BCUT2D eigenvalue weighted by Gasteiger charge is 2.26. The fraction of sp³-hybridized carbons (Fsp3) is 0.632. The Morgan fingerprint density at radius 3 is 2.35 bits per heavy atom. The summed E-state index contributed by atoms with van der Waals surface area (Å²) < 4.78 is 33.1. The maximum atomic E-state index is 12.1. The van der Waals surface area contributed by atoms with Crippen molar-refractivity contribution in [3.05, 3.63) is 24.3 Å². The number of nitrogens with two attached hydrogens (primary N) is 1. The van der Waals surface area contributed by atoms with Gasteiger partial charge in [-0.3, -0.25) is 4.79 Å². The largest absolute Gasteiger partial charge is 0.490 e. The van der Waals surface area contributed by atoms with Gasteiger partial charge < -0.3 is 9.47 Å². The highest BCUT2D eigenvalue weighted by atomic mass is 32.2. The fourth-order valence-electron chi connectivity index (χ4n) is 3.32. The monoisotopic (exact) mass is 383 g/mol. The van der Waals surface area contributed by atoms with Gasteiger partial charge in [0.25, 0.3) is 0 Å². The molecule has 2 N–H and O–H groups in total. The Labute approximate surface area is 156 Å². The molecule has 0 radical (unpaired) electrons. The lowest BCUT2D eigenvalue weighted by atomic mass is 9.80. The van der Waals surface area contributed by atoms with Gasteiger partial charge in [0.05, 0.1) is 10.8 Å². The fourth-order valence-corrected chi connectivity index (χ4v) is 3.84. The van der Waals surface area contributed by atoms with E-state index in [9.17, 15) is 13.2 Å². The number of hydrogen-bond acceptors (Lipinski definition) is 5. The van der Waals surface area contributed by atoms with Crippen LogP contribution in [-0.2, 0) is 19.6 Å². The topological polar surface area (TPSA) is 95.7 Å². The van der Waals surface area contributed by atoms with Gasteiger partial charge in [-0.05, 0) is 55.9 Å². The van der Waals surface area contributed by atoms with Crippen molar-refractivity contribution >= 4 is 16.0 Å². The molecule has 1 aliphatic rings. The van der Waals surface area contributed by atoms with Crippen molar-refractivity contribution in [1.29, 1.82) is 0 Å². The SMILES string of the molecule is CCCCC1CCC(C(=O)OCCOc2ccc(S(N)(=O)=O)cc2)CC1. The number of benzene rings is 1. The van der Waals surface area contributed by atoms with Crippen molar-refractivity contribution in [2.45, 2.75) is 56.8 Å². The van der Waals surface area contributed by atoms with Crippen LogP contribution in [-0.4, -0.2) is 27.6 Å². The van der Waals surface area contributed by atoms with Crippen LogP contribution in [0.5, 0.6) is 5.75 Å². The molecule has 0 amide bonds. The summed E-state index contributed by atoms with van der Waals surface area (Å²) in [6.45, 7) is 2.62. The third-order valence-electron chi connectivity index (χ3n) is 4.89. The first-order chi connectivity index (χ1) is 12.4. The van der Waals surface area contributed by atoms with Crippen molar-refractivity contribution in [1.82, 2.24) is 0 Å². The molecule has 1 saturated carbocycles. The lowest BCUT2D eigenvalue weighted by molar-refractivity contribution is -0.150. The second-order valence-corrected chi connectivity index (χ2v) is 8.45. The molecule has 0 aliphatic heterocycles. The molecule has 0 unspecified atom stereocenters. The smallest absolute Gasteiger partial charge is 0.309 e. The average Bonchev–Trinajstić information content (AvgIpc) is 2.63. The van der Waals surface area contributed by atoms with Crippen molar-refractivity contribution in [2.24, 2.45) is 17.0 Å². The molecule has 0 bridgehead atoms. The van der Waals surface area contributed by atoms with Gasteiger partial charge in [-0.15, -0.1) is 0 Å². The van der Waals surface area contributed by atoms with Crippen LogP contribution in [0, 0.1) is 11.8 Å². The molecule has 0 aromatic heterocycles. The van der Waals surface area contributed by atoms with Crippen LogP contribution >= 0.6 is 0 Å². The molecule has 0 spiro atoms. The number of hydrogen-bond donors (Lipinski definition) is 1. The molecular weight excluding hydrogens is 354 g/mol. The first-order valence-electron chi connectivity index (χ1n) is 9.32. The van der Waals surface area contributed by atoms with Gasteiger partial charge in [0.15, 0.2) is 0 Å². The molecule has 26 heavy (non-hydrogen) atoms. The zero-order chi connectivity index (χ0) is 19.0. The molecule has 146 valence electrons. The molecule has 6 nitrogen and oxygen atoms in total. The maximum absolute atomic E-state index is 12.1. The number of unbranched alkanes of at least 4 members (excludes halogenated alkanes) is 1. The molecule has 1 aromatic carbocycles. The van der Waals surface area contributed by atoms with E-state index in [-0.39, 0.29) is 30.0 Å². The number of ether oxygens (including phenoxy) is 2. The van der Waals surface area contributed by atoms with Crippen molar-refractivity contribution < 1.29 is 22.7 Å². The van der Waals surface area contributed by atoms with Crippen molar-refractivity contribution in [3.8, 4) is 5.75 Å². The molecular formula is C19H29NO5S. The van der Waals surface area contributed by atoms with Gasteiger partial charge in [0.2, 0.25) is 10.0 Å². The van der Waals surface area contributed by atoms with Gasteiger partial charge in [-0.2, -0.15) is 0 Å². The average molecular weight is 384 g/mol. The van der Waals surface area contributed by atoms with Gasteiger partial charge in [0, 0.05) is 0 Å². The summed E-state index contributed by atoms with van der Waals surface area (Å²) in [7, 11) is -3.70. The Hall–Kier alpha value is -1.60. The number of primary sulfonamides is 1. The van der Waals surface area contributed by atoms with E-state index < -0.39 is 10.0 Å². The highest BCUT2D eigenvalue weighted by Crippen LogP contribution is 2.32. The summed E-state index contributed by atoms with van der Waals surface area (Å²) in [5.74, 6) is 1.15. The first-order valence-corrected chi connectivity index (χ1v) is 10.9. The molecule has 1 aromatic rings. The number of sulfonamides is 1. The van der Waals surface area contributed by atoms with Crippen molar-refractivity contribution in [2.75, 3.05) is 13.2 Å². The van der Waals surface area contributed by atoms with E-state index in [2.05, 4.69) is 6.92 Å². The minimum absolute atomic E-state index is 0.0157. The van der Waals surface area contributed by atoms with Crippen LogP contribution in [0.1, 0.15) is 51.9 Å². The third-order valence-corrected chi connectivity index (χ3v) is 5.82. The number of carbonyl (C=O) groups is 1.